The smallest absolute Gasteiger partial charge is 0.0888 e. The molecule has 0 spiro atoms. The second-order valence-electron chi connectivity index (χ2n) is 3.38. The summed E-state index contributed by atoms with van der Waals surface area (Å²) < 4.78 is 0. The maximum absolute atomic E-state index is 2.39. The third-order valence-corrected chi connectivity index (χ3v) is 2.11. The Labute approximate surface area is 69.2 Å². The molecule has 0 fully saturated rings. The van der Waals surface area contributed by atoms with Crippen molar-refractivity contribution in [2.75, 3.05) is 6.54 Å². The average molecular weight is 152 g/mol. The summed E-state index contributed by atoms with van der Waals surface area (Å²) in [6.45, 7) is 5.74. The molecule has 0 amide bonds. The van der Waals surface area contributed by atoms with Gasteiger partial charge in [0.15, 0.2) is 0 Å². The molecule has 1 rings (SSSR count). The Kier molecular flexibility index (Phi) is 3.37. The first kappa shape index (κ1) is 8.54. The highest BCUT2D eigenvalue weighted by atomic mass is 14.8. The molecule has 1 nitrogen and oxygen atoms in total. The first-order valence-electron chi connectivity index (χ1n) is 4.48. The number of hydrogen-bond acceptors (Lipinski definition) is 0. The molecule has 0 radical (unpaired) electrons. The second-order valence-corrected chi connectivity index (χ2v) is 3.38. The van der Waals surface area contributed by atoms with Crippen LogP contribution in [0, 0.1) is 5.92 Å². The Hall–Kier alpha value is -0.560. The van der Waals surface area contributed by atoms with Crippen molar-refractivity contribution in [1.29, 1.82) is 0 Å². The topological polar surface area (TPSA) is 16.6 Å². The first-order chi connectivity index (χ1) is 5.30. The summed E-state index contributed by atoms with van der Waals surface area (Å²) in [4.78, 5) is 0. The van der Waals surface area contributed by atoms with E-state index in [1.165, 1.54) is 13.0 Å². The summed E-state index contributed by atoms with van der Waals surface area (Å²) in [5, 5.41) is 2.24. The minimum atomic E-state index is 0.720. The van der Waals surface area contributed by atoms with Gasteiger partial charge in [-0.05, 0) is 18.4 Å². The lowest BCUT2D eigenvalue weighted by Crippen LogP contribution is -2.78. The molecule has 1 aliphatic heterocycles. The Balaban J connectivity index is 2.54. The van der Waals surface area contributed by atoms with Gasteiger partial charge in [0.1, 0.15) is 0 Å². The minimum Gasteiger partial charge on any atom is -0.320 e. The highest BCUT2D eigenvalue weighted by molar-refractivity contribution is 5.09. The SMILES string of the molecule is CC(C)/C1=C\CC[NH2+]/C=C/C1. The zero-order valence-electron chi connectivity index (χ0n) is 7.51. The van der Waals surface area contributed by atoms with Crippen molar-refractivity contribution in [2.24, 2.45) is 5.92 Å². The van der Waals surface area contributed by atoms with Crippen LogP contribution in [-0.2, 0) is 0 Å². The number of hydrogen-bond donors (Lipinski definition) is 1. The van der Waals surface area contributed by atoms with E-state index in [2.05, 4.69) is 37.5 Å². The van der Waals surface area contributed by atoms with Gasteiger partial charge < -0.3 is 5.32 Å². The van der Waals surface area contributed by atoms with Gasteiger partial charge in [-0.25, -0.2) is 0 Å². The van der Waals surface area contributed by atoms with Crippen molar-refractivity contribution in [2.45, 2.75) is 26.7 Å². The molecular weight excluding hydrogens is 134 g/mol. The van der Waals surface area contributed by atoms with Crippen molar-refractivity contribution < 1.29 is 5.32 Å². The maximum atomic E-state index is 2.39. The number of rotatable bonds is 1. The third kappa shape index (κ3) is 2.89. The lowest BCUT2D eigenvalue weighted by molar-refractivity contribution is -0.587. The number of quaternary nitrogens is 1. The standard InChI is InChI=1S/C10H17N/c1-9(2)10-5-3-7-11-8-4-6-10/h3,6-7,9,11H,4-5,8H2,1-2H3/p+1/b7-3+,10-6-. The minimum absolute atomic E-state index is 0.720. The Morgan fingerprint density at radius 1 is 1.45 bits per heavy atom. The maximum Gasteiger partial charge on any atom is 0.0888 e. The molecule has 62 valence electrons. The van der Waals surface area contributed by atoms with Crippen molar-refractivity contribution in [3.8, 4) is 0 Å². The van der Waals surface area contributed by atoms with Crippen molar-refractivity contribution >= 4 is 0 Å². The molecule has 0 aliphatic carbocycles. The van der Waals surface area contributed by atoms with Gasteiger partial charge in [-0.2, -0.15) is 0 Å². The largest absolute Gasteiger partial charge is 0.320 e. The second kappa shape index (κ2) is 4.35. The average Bonchev–Trinajstić information content (AvgIpc) is 1.84. The molecule has 1 heterocycles. The van der Waals surface area contributed by atoms with Crippen LogP contribution < -0.4 is 5.32 Å². The van der Waals surface area contributed by atoms with Gasteiger partial charge in [0, 0.05) is 6.42 Å². The highest BCUT2D eigenvalue weighted by Crippen LogP contribution is 2.14. The molecule has 11 heavy (non-hydrogen) atoms. The van der Waals surface area contributed by atoms with Gasteiger partial charge in [0.05, 0.1) is 12.7 Å². The fraction of sp³-hybridized carbons (Fsp3) is 0.600. The van der Waals surface area contributed by atoms with E-state index in [4.69, 9.17) is 0 Å². The van der Waals surface area contributed by atoms with E-state index < -0.39 is 0 Å². The summed E-state index contributed by atoms with van der Waals surface area (Å²) in [7, 11) is 0. The molecule has 0 aromatic carbocycles. The number of allylic oxidation sites excluding steroid dienone is 2. The quantitative estimate of drug-likeness (QED) is 0.548. The van der Waals surface area contributed by atoms with Crippen LogP contribution in [0.3, 0.4) is 0 Å². The van der Waals surface area contributed by atoms with Crippen molar-refractivity contribution in [3.05, 3.63) is 23.9 Å². The summed E-state index contributed by atoms with van der Waals surface area (Å²) in [5.41, 5.74) is 1.59. The van der Waals surface area contributed by atoms with E-state index in [-0.39, 0.29) is 0 Å². The molecule has 1 aliphatic rings. The molecule has 0 saturated heterocycles. The molecule has 2 N–H and O–H groups in total. The van der Waals surface area contributed by atoms with E-state index >= 15 is 0 Å². The summed E-state index contributed by atoms with van der Waals surface area (Å²) >= 11 is 0. The molecule has 0 saturated carbocycles. The van der Waals surface area contributed by atoms with Gasteiger partial charge in [0.25, 0.3) is 0 Å². The van der Waals surface area contributed by atoms with Crippen LogP contribution in [0.2, 0.25) is 0 Å². The summed E-state index contributed by atoms with van der Waals surface area (Å²) in [6.07, 6.45) is 9.21. The predicted molar refractivity (Wildman–Crippen MR) is 48.1 cm³/mol. The lowest BCUT2D eigenvalue weighted by atomic mass is 9.98. The van der Waals surface area contributed by atoms with Gasteiger partial charge in [-0.1, -0.05) is 25.5 Å². The highest BCUT2D eigenvalue weighted by Gasteiger charge is 2.02. The lowest BCUT2D eigenvalue weighted by Gasteiger charge is -2.09. The molecule has 0 unspecified atom stereocenters. The first-order valence-corrected chi connectivity index (χ1v) is 4.48. The zero-order valence-corrected chi connectivity index (χ0v) is 7.51. The van der Waals surface area contributed by atoms with Gasteiger partial charge in [0.2, 0.25) is 0 Å². The van der Waals surface area contributed by atoms with Crippen LogP contribution in [0.15, 0.2) is 23.9 Å². The molecule has 0 aromatic rings. The van der Waals surface area contributed by atoms with E-state index in [0.29, 0.717) is 0 Å². The van der Waals surface area contributed by atoms with Crippen LogP contribution in [0.4, 0.5) is 0 Å². The Morgan fingerprint density at radius 3 is 3.00 bits per heavy atom. The normalized spacial score (nSPS) is 27.0. The van der Waals surface area contributed by atoms with E-state index in [1.54, 1.807) is 5.57 Å². The van der Waals surface area contributed by atoms with Gasteiger partial charge in [-0.15, -0.1) is 0 Å². The monoisotopic (exact) mass is 152 g/mol. The predicted octanol–water partition coefficient (Wildman–Crippen LogP) is 1.44. The van der Waals surface area contributed by atoms with E-state index in [9.17, 15) is 0 Å². The van der Waals surface area contributed by atoms with E-state index in [0.717, 1.165) is 12.3 Å². The fourth-order valence-electron chi connectivity index (χ4n) is 1.32. The molecule has 0 aromatic heterocycles. The van der Waals surface area contributed by atoms with Gasteiger partial charge in [-0.3, -0.25) is 0 Å². The van der Waals surface area contributed by atoms with Crippen molar-refractivity contribution in [3.63, 3.8) is 0 Å². The summed E-state index contributed by atoms with van der Waals surface area (Å²) in [5.74, 6) is 0.720. The van der Waals surface area contributed by atoms with Crippen LogP contribution in [0.25, 0.3) is 0 Å². The van der Waals surface area contributed by atoms with E-state index in [1.807, 2.05) is 0 Å². The molecule has 1 heteroatoms. The van der Waals surface area contributed by atoms with Crippen LogP contribution in [0.5, 0.6) is 0 Å². The third-order valence-electron chi connectivity index (χ3n) is 2.11. The fourth-order valence-corrected chi connectivity index (χ4v) is 1.32. The van der Waals surface area contributed by atoms with Crippen LogP contribution >= 0.6 is 0 Å². The number of nitrogens with two attached hydrogens (primary N) is 1. The Morgan fingerprint density at radius 2 is 2.27 bits per heavy atom. The Bertz CT molecular complexity index is 166. The molecule has 0 atom stereocenters. The van der Waals surface area contributed by atoms with Crippen molar-refractivity contribution in [1.82, 2.24) is 0 Å². The zero-order chi connectivity index (χ0) is 8.10. The van der Waals surface area contributed by atoms with Crippen LogP contribution in [0.1, 0.15) is 26.7 Å². The van der Waals surface area contributed by atoms with Crippen LogP contribution in [-0.4, -0.2) is 6.54 Å². The summed E-state index contributed by atoms with van der Waals surface area (Å²) in [6, 6.07) is 0. The molecule has 0 bridgehead atoms. The molecular formula is C10H18N+. The van der Waals surface area contributed by atoms with Gasteiger partial charge >= 0.3 is 0 Å².